The van der Waals surface area contributed by atoms with Crippen molar-refractivity contribution in [2.75, 3.05) is 31.9 Å². The molecule has 7 heteroatoms. The summed E-state index contributed by atoms with van der Waals surface area (Å²) in [6.07, 6.45) is 3.07. The number of hydrogen-bond acceptors (Lipinski definition) is 4. The topological polar surface area (TPSA) is 77.9 Å². The van der Waals surface area contributed by atoms with E-state index in [4.69, 9.17) is 0 Å². The summed E-state index contributed by atoms with van der Waals surface area (Å²) in [5, 5.41) is 9.27. The summed E-state index contributed by atoms with van der Waals surface area (Å²) in [6.45, 7) is 1.53. The van der Waals surface area contributed by atoms with Crippen LogP contribution in [0, 0.1) is 5.92 Å². The van der Waals surface area contributed by atoms with Crippen LogP contribution >= 0.6 is 0 Å². The molecule has 1 amide bonds. The van der Waals surface area contributed by atoms with Gasteiger partial charge in [-0.15, -0.1) is 0 Å². The van der Waals surface area contributed by atoms with E-state index in [9.17, 15) is 18.3 Å². The Balaban J connectivity index is 1.55. The molecule has 3 rings (SSSR count). The summed E-state index contributed by atoms with van der Waals surface area (Å²) >= 11 is 0. The van der Waals surface area contributed by atoms with Gasteiger partial charge in [0.2, 0.25) is 10.0 Å². The van der Waals surface area contributed by atoms with Crippen LogP contribution in [0.4, 0.5) is 0 Å². The van der Waals surface area contributed by atoms with E-state index in [-0.39, 0.29) is 17.4 Å². The Morgan fingerprint density at radius 3 is 2.26 bits per heavy atom. The van der Waals surface area contributed by atoms with Crippen LogP contribution in [0.2, 0.25) is 0 Å². The van der Waals surface area contributed by atoms with Crippen molar-refractivity contribution in [3.05, 3.63) is 29.8 Å². The Morgan fingerprint density at radius 2 is 1.70 bits per heavy atom. The van der Waals surface area contributed by atoms with Crippen LogP contribution < -0.4 is 0 Å². The van der Waals surface area contributed by atoms with Gasteiger partial charge in [-0.3, -0.25) is 4.79 Å². The highest BCUT2D eigenvalue weighted by Crippen LogP contribution is 2.33. The van der Waals surface area contributed by atoms with Gasteiger partial charge in [0.05, 0.1) is 5.75 Å². The highest BCUT2D eigenvalue weighted by Gasteiger charge is 2.31. The molecule has 0 aromatic heterocycles. The molecule has 1 N–H and O–H groups in total. The number of carbonyl (C=O) groups excluding carboxylic acids is 1. The van der Waals surface area contributed by atoms with Crippen molar-refractivity contribution >= 4 is 15.9 Å². The summed E-state index contributed by atoms with van der Waals surface area (Å²) in [5.74, 6) is 0.819. The molecule has 1 saturated heterocycles. The van der Waals surface area contributed by atoms with E-state index < -0.39 is 10.0 Å². The zero-order valence-electron chi connectivity index (χ0n) is 13.0. The Kier molecular flexibility index (Phi) is 4.59. The van der Waals surface area contributed by atoms with Crippen LogP contribution in [0.1, 0.15) is 29.6 Å². The highest BCUT2D eigenvalue weighted by atomic mass is 32.2. The molecule has 1 aromatic carbocycles. The SMILES string of the molecule is O=C(c1ccc(O)cc1)N1CCN(S(=O)(=O)CCC2CC2)CC1. The van der Waals surface area contributed by atoms with Crippen LogP contribution in [-0.2, 0) is 10.0 Å². The zero-order valence-corrected chi connectivity index (χ0v) is 13.8. The number of benzene rings is 1. The predicted octanol–water partition coefficient (Wildman–Crippen LogP) is 1.28. The lowest BCUT2D eigenvalue weighted by atomic mass is 10.2. The van der Waals surface area contributed by atoms with E-state index in [1.165, 1.54) is 16.4 Å². The minimum Gasteiger partial charge on any atom is -0.508 e. The number of nitrogens with zero attached hydrogens (tertiary/aromatic N) is 2. The van der Waals surface area contributed by atoms with Crippen LogP contribution in [0.5, 0.6) is 5.75 Å². The van der Waals surface area contributed by atoms with Gasteiger partial charge >= 0.3 is 0 Å². The molecular weight excluding hydrogens is 316 g/mol. The molecule has 2 aliphatic rings. The minimum absolute atomic E-state index is 0.119. The minimum atomic E-state index is -3.20. The maximum atomic E-state index is 12.4. The van der Waals surface area contributed by atoms with Gasteiger partial charge in [0.1, 0.15) is 5.75 Å². The van der Waals surface area contributed by atoms with Gasteiger partial charge in [0.15, 0.2) is 0 Å². The van der Waals surface area contributed by atoms with Crippen molar-refractivity contribution in [3.8, 4) is 5.75 Å². The van der Waals surface area contributed by atoms with E-state index >= 15 is 0 Å². The molecule has 2 fully saturated rings. The third kappa shape index (κ3) is 4.03. The summed E-state index contributed by atoms with van der Waals surface area (Å²) in [4.78, 5) is 14.0. The lowest BCUT2D eigenvalue weighted by molar-refractivity contribution is 0.0698. The number of rotatable bonds is 5. The third-order valence-electron chi connectivity index (χ3n) is 4.51. The Labute approximate surface area is 136 Å². The largest absolute Gasteiger partial charge is 0.508 e. The normalized spacial score (nSPS) is 19.7. The molecule has 1 saturated carbocycles. The number of aromatic hydroxyl groups is 1. The zero-order chi connectivity index (χ0) is 16.4. The quantitative estimate of drug-likeness (QED) is 0.877. The van der Waals surface area contributed by atoms with Crippen molar-refractivity contribution < 1.29 is 18.3 Å². The molecule has 126 valence electrons. The number of carbonyl (C=O) groups is 1. The average Bonchev–Trinajstić information content (AvgIpc) is 3.38. The average molecular weight is 338 g/mol. The number of sulfonamides is 1. The van der Waals surface area contributed by atoms with E-state index in [0.29, 0.717) is 37.7 Å². The first kappa shape index (κ1) is 16.3. The van der Waals surface area contributed by atoms with Crippen molar-refractivity contribution in [2.24, 2.45) is 5.92 Å². The Bertz CT molecular complexity index is 660. The van der Waals surface area contributed by atoms with Crippen molar-refractivity contribution in [3.63, 3.8) is 0 Å². The molecular formula is C16H22N2O4S. The molecule has 1 heterocycles. The lowest BCUT2D eigenvalue weighted by Crippen LogP contribution is -2.51. The summed E-state index contributed by atoms with van der Waals surface area (Å²) in [5.41, 5.74) is 0.507. The fourth-order valence-electron chi connectivity index (χ4n) is 2.81. The van der Waals surface area contributed by atoms with Crippen LogP contribution in [0.3, 0.4) is 0 Å². The van der Waals surface area contributed by atoms with Crippen molar-refractivity contribution in [1.82, 2.24) is 9.21 Å². The van der Waals surface area contributed by atoms with Gasteiger partial charge in [-0.2, -0.15) is 4.31 Å². The first-order valence-corrected chi connectivity index (χ1v) is 9.63. The highest BCUT2D eigenvalue weighted by molar-refractivity contribution is 7.89. The van der Waals surface area contributed by atoms with Crippen LogP contribution in [-0.4, -0.2) is 60.6 Å². The van der Waals surface area contributed by atoms with Gasteiger partial charge < -0.3 is 10.0 Å². The second-order valence-corrected chi connectivity index (χ2v) is 8.37. The number of hydrogen-bond donors (Lipinski definition) is 1. The van der Waals surface area contributed by atoms with E-state index in [1.54, 1.807) is 17.0 Å². The smallest absolute Gasteiger partial charge is 0.253 e. The van der Waals surface area contributed by atoms with Crippen molar-refractivity contribution in [2.45, 2.75) is 19.3 Å². The first-order valence-electron chi connectivity index (χ1n) is 8.02. The predicted molar refractivity (Wildman–Crippen MR) is 86.7 cm³/mol. The molecule has 23 heavy (non-hydrogen) atoms. The molecule has 0 bridgehead atoms. The Morgan fingerprint density at radius 1 is 1.09 bits per heavy atom. The van der Waals surface area contributed by atoms with Crippen LogP contribution in [0.15, 0.2) is 24.3 Å². The van der Waals surface area contributed by atoms with Gasteiger partial charge in [-0.05, 0) is 36.6 Å². The maximum Gasteiger partial charge on any atom is 0.253 e. The van der Waals surface area contributed by atoms with Gasteiger partial charge in [0.25, 0.3) is 5.91 Å². The Hall–Kier alpha value is -1.60. The monoisotopic (exact) mass is 338 g/mol. The van der Waals surface area contributed by atoms with Crippen LogP contribution in [0.25, 0.3) is 0 Å². The standard InChI is InChI=1S/C16H22N2O4S/c19-15-5-3-14(4-6-15)16(20)17-8-10-18(11-9-17)23(21,22)12-7-13-1-2-13/h3-6,13,19H,1-2,7-12H2. The molecule has 1 aliphatic heterocycles. The summed E-state index contributed by atoms with van der Waals surface area (Å²) in [6, 6.07) is 6.12. The number of phenols is 1. The molecule has 0 radical (unpaired) electrons. The number of amides is 1. The first-order chi connectivity index (χ1) is 11.0. The fourth-order valence-corrected chi connectivity index (χ4v) is 4.42. The summed E-state index contributed by atoms with van der Waals surface area (Å²) in [7, 11) is -3.20. The third-order valence-corrected chi connectivity index (χ3v) is 6.42. The van der Waals surface area contributed by atoms with E-state index in [0.717, 1.165) is 19.3 Å². The van der Waals surface area contributed by atoms with Crippen molar-refractivity contribution in [1.29, 1.82) is 0 Å². The molecule has 0 atom stereocenters. The van der Waals surface area contributed by atoms with E-state index in [1.807, 2.05) is 0 Å². The van der Waals surface area contributed by atoms with Gasteiger partial charge in [-0.1, -0.05) is 12.8 Å². The fraction of sp³-hybridized carbons (Fsp3) is 0.562. The van der Waals surface area contributed by atoms with Gasteiger partial charge in [0, 0.05) is 31.7 Å². The van der Waals surface area contributed by atoms with E-state index in [2.05, 4.69) is 0 Å². The molecule has 1 aromatic rings. The molecule has 0 unspecified atom stereocenters. The summed E-state index contributed by atoms with van der Waals surface area (Å²) < 4.78 is 26.1. The lowest BCUT2D eigenvalue weighted by Gasteiger charge is -2.34. The maximum absolute atomic E-state index is 12.4. The number of phenolic OH excluding ortho intramolecular Hbond substituents is 1. The van der Waals surface area contributed by atoms with Gasteiger partial charge in [-0.25, -0.2) is 8.42 Å². The molecule has 0 spiro atoms. The second-order valence-electron chi connectivity index (χ2n) is 6.29. The molecule has 6 nitrogen and oxygen atoms in total. The number of piperazine rings is 1. The molecule has 1 aliphatic carbocycles. The second kappa shape index (κ2) is 6.49.